The Balaban J connectivity index is 0.000000211. The average molecular weight is 491 g/mol. The van der Waals surface area contributed by atoms with E-state index in [1.807, 2.05) is 29.9 Å². The molecule has 4 heterocycles. The maximum atomic E-state index is 12.0. The quantitative estimate of drug-likeness (QED) is 0.505. The Hall–Kier alpha value is -3.41. The summed E-state index contributed by atoms with van der Waals surface area (Å²) in [4.78, 5) is 45.1. The Morgan fingerprint density at radius 2 is 1.49 bits per heavy atom. The van der Waals surface area contributed by atoms with Crippen molar-refractivity contribution >= 4 is 18.0 Å². The molecule has 2 aliphatic rings. The van der Waals surface area contributed by atoms with Crippen LogP contribution in [0.3, 0.4) is 0 Å². The zero-order chi connectivity index (χ0) is 25.6. The summed E-state index contributed by atoms with van der Waals surface area (Å²) in [6.45, 7) is 13.7. The number of aromatic nitrogens is 4. The van der Waals surface area contributed by atoms with E-state index in [2.05, 4.69) is 15.3 Å². The van der Waals surface area contributed by atoms with Crippen LogP contribution in [0.4, 0.5) is 4.79 Å². The first kappa shape index (κ1) is 26.2. The molecule has 1 N–H and O–H groups in total. The Bertz CT molecular complexity index is 1030. The van der Waals surface area contributed by atoms with Crippen molar-refractivity contribution in [2.75, 3.05) is 26.3 Å². The number of rotatable bonds is 4. The molecule has 12 heteroatoms. The van der Waals surface area contributed by atoms with Gasteiger partial charge in [-0.2, -0.15) is 0 Å². The van der Waals surface area contributed by atoms with E-state index in [-0.39, 0.29) is 17.8 Å². The van der Waals surface area contributed by atoms with Crippen molar-refractivity contribution in [3.05, 3.63) is 35.4 Å². The third-order valence-electron chi connectivity index (χ3n) is 5.09. The summed E-state index contributed by atoms with van der Waals surface area (Å²) < 4.78 is 19.0. The predicted octanol–water partition coefficient (Wildman–Crippen LogP) is 1.97. The third kappa shape index (κ3) is 7.04. The fourth-order valence-electron chi connectivity index (χ4n) is 3.53. The van der Waals surface area contributed by atoms with E-state index in [0.717, 1.165) is 25.5 Å². The highest BCUT2D eigenvalue weighted by Crippen LogP contribution is 2.17. The van der Waals surface area contributed by atoms with Gasteiger partial charge >= 0.3 is 18.0 Å². The van der Waals surface area contributed by atoms with Gasteiger partial charge in [-0.25, -0.2) is 24.4 Å². The first-order chi connectivity index (χ1) is 16.6. The SMILES string of the molecule is CCOC(=O)c1cn2c(n1)CN(C(=O)OC(C)(C)C)CC2.CCOC(=O)c1cn2c(n1)CNCC2. The molecule has 1 amide bonds. The van der Waals surface area contributed by atoms with Gasteiger partial charge in [0.1, 0.15) is 17.2 Å². The van der Waals surface area contributed by atoms with Gasteiger partial charge < -0.3 is 28.7 Å². The highest BCUT2D eigenvalue weighted by molar-refractivity contribution is 5.87. The summed E-state index contributed by atoms with van der Waals surface area (Å²) in [6, 6.07) is 0. The average Bonchev–Trinajstić information content (AvgIpc) is 3.42. The van der Waals surface area contributed by atoms with Crippen LogP contribution >= 0.6 is 0 Å². The minimum Gasteiger partial charge on any atom is -0.461 e. The number of imidazole rings is 2. The van der Waals surface area contributed by atoms with E-state index in [9.17, 15) is 14.4 Å². The van der Waals surface area contributed by atoms with E-state index in [1.165, 1.54) is 0 Å². The van der Waals surface area contributed by atoms with Gasteiger partial charge in [0, 0.05) is 38.6 Å². The first-order valence-corrected chi connectivity index (χ1v) is 11.8. The number of esters is 2. The number of amides is 1. The molecule has 12 nitrogen and oxygen atoms in total. The fraction of sp³-hybridized carbons (Fsp3) is 0.609. The van der Waals surface area contributed by atoms with Crippen LogP contribution in [0.2, 0.25) is 0 Å². The molecule has 0 saturated carbocycles. The van der Waals surface area contributed by atoms with E-state index in [0.29, 0.717) is 44.4 Å². The monoisotopic (exact) mass is 490 g/mol. The predicted molar refractivity (Wildman–Crippen MR) is 125 cm³/mol. The van der Waals surface area contributed by atoms with Crippen molar-refractivity contribution in [1.29, 1.82) is 0 Å². The summed E-state index contributed by atoms with van der Waals surface area (Å²) in [5.74, 6) is 0.784. The Kier molecular flexibility index (Phi) is 8.49. The number of hydrogen-bond donors (Lipinski definition) is 1. The van der Waals surface area contributed by atoms with Crippen molar-refractivity contribution < 1.29 is 28.6 Å². The smallest absolute Gasteiger partial charge is 0.410 e. The number of carbonyl (C=O) groups is 3. The summed E-state index contributed by atoms with van der Waals surface area (Å²) in [7, 11) is 0. The molecule has 192 valence electrons. The second-order valence-corrected chi connectivity index (χ2v) is 8.99. The zero-order valence-corrected chi connectivity index (χ0v) is 21.0. The fourth-order valence-corrected chi connectivity index (χ4v) is 3.53. The van der Waals surface area contributed by atoms with Crippen LogP contribution in [0.25, 0.3) is 0 Å². The largest absolute Gasteiger partial charge is 0.461 e. The Morgan fingerprint density at radius 1 is 0.914 bits per heavy atom. The Morgan fingerprint density at radius 3 is 2.03 bits per heavy atom. The zero-order valence-electron chi connectivity index (χ0n) is 21.0. The van der Waals surface area contributed by atoms with Crippen LogP contribution in [0, 0.1) is 0 Å². The second-order valence-electron chi connectivity index (χ2n) is 8.99. The summed E-state index contributed by atoms with van der Waals surface area (Å²) in [5.41, 5.74) is 0.156. The van der Waals surface area contributed by atoms with E-state index >= 15 is 0 Å². The van der Waals surface area contributed by atoms with Gasteiger partial charge in [-0.1, -0.05) is 0 Å². The molecule has 0 radical (unpaired) electrons. The van der Waals surface area contributed by atoms with Crippen LogP contribution < -0.4 is 5.32 Å². The van der Waals surface area contributed by atoms with Gasteiger partial charge in [-0.15, -0.1) is 0 Å². The molecule has 0 spiro atoms. The van der Waals surface area contributed by atoms with Gasteiger partial charge in [0.15, 0.2) is 11.4 Å². The van der Waals surface area contributed by atoms with Gasteiger partial charge in [-0.3, -0.25) is 4.90 Å². The molecule has 0 bridgehead atoms. The van der Waals surface area contributed by atoms with E-state index in [1.54, 1.807) is 31.1 Å². The van der Waals surface area contributed by atoms with Gasteiger partial charge in [0.25, 0.3) is 0 Å². The van der Waals surface area contributed by atoms with Crippen molar-refractivity contribution in [2.45, 2.75) is 66.4 Å². The summed E-state index contributed by atoms with van der Waals surface area (Å²) in [5, 5.41) is 3.19. The lowest BCUT2D eigenvalue weighted by Gasteiger charge is -2.30. The van der Waals surface area contributed by atoms with Crippen LogP contribution in [-0.4, -0.2) is 73.9 Å². The van der Waals surface area contributed by atoms with Crippen molar-refractivity contribution in [1.82, 2.24) is 29.3 Å². The van der Waals surface area contributed by atoms with E-state index in [4.69, 9.17) is 14.2 Å². The molecule has 2 aromatic rings. The molecule has 35 heavy (non-hydrogen) atoms. The highest BCUT2D eigenvalue weighted by Gasteiger charge is 2.28. The first-order valence-electron chi connectivity index (χ1n) is 11.8. The molecule has 4 rings (SSSR count). The van der Waals surface area contributed by atoms with Crippen LogP contribution in [0.1, 0.15) is 67.2 Å². The minimum atomic E-state index is -0.528. The van der Waals surface area contributed by atoms with Crippen LogP contribution in [0.5, 0.6) is 0 Å². The summed E-state index contributed by atoms with van der Waals surface area (Å²) in [6.07, 6.45) is 3.06. The van der Waals surface area contributed by atoms with Gasteiger partial charge in [0.05, 0.1) is 26.3 Å². The number of carbonyl (C=O) groups excluding carboxylic acids is 3. The Labute approximate surface area is 204 Å². The summed E-state index contributed by atoms with van der Waals surface area (Å²) >= 11 is 0. The normalized spacial score (nSPS) is 14.7. The lowest BCUT2D eigenvalue weighted by Crippen LogP contribution is -2.41. The van der Waals surface area contributed by atoms with Crippen LogP contribution in [0.15, 0.2) is 12.4 Å². The van der Waals surface area contributed by atoms with E-state index < -0.39 is 11.6 Å². The number of ether oxygens (including phenoxy) is 3. The lowest BCUT2D eigenvalue weighted by molar-refractivity contribution is 0.0195. The topological polar surface area (TPSA) is 130 Å². The minimum absolute atomic E-state index is 0.276. The molecular formula is C23H34N6O6. The third-order valence-corrected chi connectivity index (χ3v) is 5.09. The molecule has 0 atom stereocenters. The number of nitrogens with zero attached hydrogens (tertiary/aromatic N) is 5. The van der Waals surface area contributed by atoms with Crippen molar-refractivity contribution in [3.63, 3.8) is 0 Å². The molecule has 2 aromatic heterocycles. The van der Waals surface area contributed by atoms with Crippen molar-refractivity contribution in [2.24, 2.45) is 0 Å². The maximum absolute atomic E-state index is 12.0. The molecule has 0 aliphatic carbocycles. The number of hydrogen-bond acceptors (Lipinski definition) is 9. The standard InChI is InChI=1S/C14H21N3O4.C9H13N3O2/c1-5-20-12(18)10-8-16-6-7-17(9-11(16)15-10)13(19)21-14(2,3)4;1-2-14-9(13)7-6-12-4-3-10-5-8(12)11-7/h8H,5-7,9H2,1-4H3;6,10H,2-5H2,1H3. The second kappa shape index (κ2) is 11.3. The molecule has 0 aromatic carbocycles. The highest BCUT2D eigenvalue weighted by atomic mass is 16.6. The van der Waals surface area contributed by atoms with Crippen molar-refractivity contribution in [3.8, 4) is 0 Å². The lowest BCUT2D eigenvalue weighted by atomic mass is 10.2. The maximum Gasteiger partial charge on any atom is 0.410 e. The molecule has 0 unspecified atom stereocenters. The van der Waals surface area contributed by atoms with Gasteiger partial charge in [-0.05, 0) is 34.6 Å². The molecular weight excluding hydrogens is 456 g/mol. The molecule has 2 aliphatic heterocycles. The number of nitrogens with one attached hydrogen (secondary N) is 1. The number of fused-ring (bicyclic) bond motifs is 2. The van der Waals surface area contributed by atoms with Crippen LogP contribution in [-0.2, 0) is 40.4 Å². The molecule has 0 fully saturated rings. The molecule has 0 saturated heterocycles. The van der Waals surface area contributed by atoms with Gasteiger partial charge in [0.2, 0.25) is 0 Å².